The fourth-order valence-electron chi connectivity index (χ4n) is 1.20. The number of ether oxygens (including phenoxy) is 1. The second-order valence-electron chi connectivity index (χ2n) is 3.54. The number of nitrogens with one attached hydrogen (secondary N) is 1. The summed E-state index contributed by atoms with van der Waals surface area (Å²) in [6.45, 7) is 2.66. The van der Waals surface area contributed by atoms with Gasteiger partial charge in [0.15, 0.2) is 0 Å². The molecule has 0 saturated heterocycles. The zero-order chi connectivity index (χ0) is 12.8. The van der Waals surface area contributed by atoms with Gasteiger partial charge in [-0.05, 0) is 31.2 Å². The third-order valence-corrected chi connectivity index (χ3v) is 1.81. The quantitative estimate of drug-likeness (QED) is 0.488. The Morgan fingerprint density at radius 2 is 1.71 bits per heavy atom. The van der Waals surface area contributed by atoms with Gasteiger partial charge in [0.25, 0.3) is 0 Å². The molecule has 0 aliphatic rings. The van der Waals surface area contributed by atoms with Crippen molar-refractivity contribution in [1.82, 2.24) is 0 Å². The monoisotopic (exact) mass is 235 g/mol. The van der Waals surface area contributed by atoms with E-state index in [1.165, 1.54) is 13.8 Å². The maximum Gasteiger partial charge on any atom is 0.308 e. The molecule has 17 heavy (non-hydrogen) atoms. The number of rotatable bonds is 4. The van der Waals surface area contributed by atoms with Crippen LogP contribution in [0.5, 0.6) is 5.75 Å². The van der Waals surface area contributed by atoms with E-state index in [2.05, 4.69) is 5.32 Å². The molecule has 0 fully saturated rings. The molecule has 0 aliphatic heterocycles. The summed E-state index contributed by atoms with van der Waals surface area (Å²) in [7, 11) is 0. The molecule has 0 aliphatic carbocycles. The third-order valence-electron chi connectivity index (χ3n) is 1.81. The topological polar surface area (TPSA) is 72.5 Å². The van der Waals surface area contributed by atoms with Gasteiger partial charge in [0.1, 0.15) is 11.5 Å². The minimum atomic E-state index is -0.404. The molecule has 5 heteroatoms. The molecule has 1 aromatic rings. The Morgan fingerprint density at radius 3 is 2.18 bits per heavy atom. The Balaban J connectivity index is 2.59. The number of esters is 1. The van der Waals surface area contributed by atoms with Crippen LogP contribution in [-0.2, 0) is 14.4 Å². The third kappa shape index (κ3) is 4.92. The van der Waals surface area contributed by atoms with E-state index >= 15 is 0 Å². The Labute approximate surface area is 98.8 Å². The summed E-state index contributed by atoms with van der Waals surface area (Å²) in [4.78, 5) is 32.6. The lowest BCUT2D eigenvalue weighted by atomic mass is 10.2. The van der Waals surface area contributed by atoms with Gasteiger partial charge in [-0.3, -0.25) is 14.4 Å². The van der Waals surface area contributed by atoms with Crippen molar-refractivity contribution in [2.75, 3.05) is 5.32 Å². The van der Waals surface area contributed by atoms with Gasteiger partial charge in [-0.15, -0.1) is 0 Å². The van der Waals surface area contributed by atoms with Gasteiger partial charge in [-0.1, -0.05) is 0 Å². The van der Waals surface area contributed by atoms with E-state index in [4.69, 9.17) is 4.74 Å². The maximum absolute atomic E-state index is 11.3. The van der Waals surface area contributed by atoms with Crippen molar-refractivity contribution >= 4 is 23.3 Å². The fraction of sp³-hybridized carbons (Fsp3) is 0.250. The smallest absolute Gasteiger partial charge is 0.308 e. The highest BCUT2D eigenvalue weighted by Crippen LogP contribution is 2.15. The average Bonchev–Trinajstić information content (AvgIpc) is 2.18. The molecule has 90 valence electrons. The van der Waals surface area contributed by atoms with Crippen molar-refractivity contribution in [2.24, 2.45) is 0 Å². The van der Waals surface area contributed by atoms with Gasteiger partial charge in [0.05, 0.1) is 6.42 Å². The molecular formula is C12H13NO4. The highest BCUT2D eigenvalue weighted by molar-refractivity contribution is 6.03. The van der Waals surface area contributed by atoms with Crippen molar-refractivity contribution in [3.63, 3.8) is 0 Å². The first-order valence-corrected chi connectivity index (χ1v) is 5.05. The molecule has 0 spiro atoms. The van der Waals surface area contributed by atoms with Crippen LogP contribution < -0.4 is 10.1 Å². The van der Waals surface area contributed by atoms with Crippen LogP contribution in [0.2, 0.25) is 0 Å². The number of Topliss-reactive ketones (excluding diaryl/α,β-unsaturated/α-hetero) is 1. The minimum absolute atomic E-state index is 0.147. The van der Waals surface area contributed by atoms with Crippen LogP contribution in [0, 0.1) is 0 Å². The second-order valence-corrected chi connectivity index (χ2v) is 3.54. The van der Waals surface area contributed by atoms with Crippen LogP contribution in [-0.4, -0.2) is 17.7 Å². The zero-order valence-corrected chi connectivity index (χ0v) is 9.65. The van der Waals surface area contributed by atoms with Crippen LogP contribution >= 0.6 is 0 Å². The first-order valence-electron chi connectivity index (χ1n) is 5.05. The standard InChI is InChI=1S/C12H13NO4/c1-8(14)7-12(16)13-10-3-5-11(6-4-10)17-9(2)15/h3-6H,7H2,1-2H3,(H,13,16). The van der Waals surface area contributed by atoms with E-state index < -0.39 is 5.97 Å². The summed E-state index contributed by atoms with van der Waals surface area (Å²) in [5, 5.41) is 2.55. The number of hydrogen-bond donors (Lipinski definition) is 1. The predicted octanol–water partition coefficient (Wildman–Crippen LogP) is 1.53. The summed E-state index contributed by atoms with van der Waals surface area (Å²) in [5.41, 5.74) is 0.548. The molecule has 5 nitrogen and oxygen atoms in total. The Morgan fingerprint density at radius 1 is 1.12 bits per heavy atom. The van der Waals surface area contributed by atoms with Crippen LogP contribution in [0.4, 0.5) is 5.69 Å². The molecule has 0 bridgehead atoms. The first-order chi connectivity index (χ1) is 7.97. The average molecular weight is 235 g/mol. The number of carbonyl (C=O) groups is 3. The van der Waals surface area contributed by atoms with E-state index in [0.29, 0.717) is 11.4 Å². The fourth-order valence-corrected chi connectivity index (χ4v) is 1.20. The number of anilines is 1. The maximum atomic E-state index is 11.3. The van der Waals surface area contributed by atoms with Crippen molar-refractivity contribution in [2.45, 2.75) is 20.3 Å². The molecule has 0 heterocycles. The zero-order valence-electron chi connectivity index (χ0n) is 9.65. The summed E-state index contributed by atoms with van der Waals surface area (Å²) < 4.78 is 4.83. The molecule has 0 radical (unpaired) electrons. The summed E-state index contributed by atoms with van der Waals surface area (Å²) in [6, 6.07) is 6.31. The van der Waals surface area contributed by atoms with Crippen LogP contribution in [0.3, 0.4) is 0 Å². The second kappa shape index (κ2) is 5.79. The number of ketones is 1. The lowest BCUT2D eigenvalue weighted by molar-refractivity contribution is -0.132. The largest absolute Gasteiger partial charge is 0.427 e. The molecule has 1 aromatic carbocycles. The van der Waals surface area contributed by atoms with Crippen molar-refractivity contribution < 1.29 is 19.1 Å². The Bertz CT molecular complexity index is 436. The molecular weight excluding hydrogens is 222 g/mol. The SMILES string of the molecule is CC(=O)CC(=O)Nc1ccc(OC(C)=O)cc1. The lowest BCUT2D eigenvalue weighted by Crippen LogP contribution is -2.14. The van der Waals surface area contributed by atoms with E-state index in [-0.39, 0.29) is 18.1 Å². The summed E-state index contributed by atoms with van der Waals surface area (Å²) in [5.74, 6) is -0.558. The van der Waals surface area contributed by atoms with E-state index in [0.717, 1.165) is 0 Å². The molecule has 1 amide bonds. The van der Waals surface area contributed by atoms with Crippen molar-refractivity contribution in [3.8, 4) is 5.75 Å². The van der Waals surface area contributed by atoms with Gasteiger partial charge >= 0.3 is 5.97 Å². The molecule has 1 N–H and O–H groups in total. The normalized spacial score (nSPS) is 9.53. The highest BCUT2D eigenvalue weighted by Gasteiger charge is 2.05. The van der Waals surface area contributed by atoms with E-state index in [1.54, 1.807) is 24.3 Å². The van der Waals surface area contributed by atoms with Gasteiger partial charge in [-0.25, -0.2) is 0 Å². The van der Waals surface area contributed by atoms with Crippen LogP contribution in [0.25, 0.3) is 0 Å². The van der Waals surface area contributed by atoms with Crippen LogP contribution in [0.15, 0.2) is 24.3 Å². The minimum Gasteiger partial charge on any atom is -0.427 e. The Hall–Kier alpha value is -2.17. The summed E-state index contributed by atoms with van der Waals surface area (Å²) in [6.07, 6.45) is -0.147. The highest BCUT2D eigenvalue weighted by atomic mass is 16.5. The number of carbonyl (C=O) groups excluding carboxylic acids is 3. The van der Waals surface area contributed by atoms with Gasteiger partial charge in [0.2, 0.25) is 5.91 Å². The Kier molecular flexibility index (Phi) is 4.39. The molecule has 0 unspecified atom stereocenters. The number of benzene rings is 1. The molecule has 0 saturated carbocycles. The first kappa shape index (κ1) is 12.9. The van der Waals surface area contributed by atoms with E-state index in [9.17, 15) is 14.4 Å². The predicted molar refractivity (Wildman–Crippen MR) is 61.7 cm³/mol. The molecule has 0 atom stereocenters. The number of amides is 1. The van der Waals surface area contributed by atoms with Crippen LogP contribution in [0.1, 0.15) is 20.3 Å². The van der Waals surface area contributed by atoms with E-state index in [1.807, 2.05) is 0 Å². The van der Waals surface area contributed by atoms with Gasteiger partial charge < -0.3 is 10.1 Å². The van der Waals surface area contributed by atoms with Gasteiger partial charge in [-0.2, -0.15) is 0 Å². The van der Waals surface area contributed by atoms with Gasteiger partial charge in [0, 0.05) is 12.6 Å². The van der Waals surface area contributed by atoms with Crippen molar-refractivity contribution in [1.29, 1.82) is 0 Å². The lowest BCUT2D eigenvalue weighted by Gasteiger charge is -2.05. The van der Waals surface area contributed by atoms with Crippen molar-refractivity contribution in [3.05, 3.63) is 24.3 Å². The summed E-state index contributed by atoms with van der Waals surface area (Å²) >= 11 is 0. The number of hydrogen-bond acceptors (Lipinski definition) is 4. The molecule has 0 aromatic heterocycles. The molecule has 1 rings (SSSR count).